The summed E-state index contributed by atoms with van der Waals surface area (Å²) in [5.74, 6) is -2.31. The summed E-state index contributed by atoms with van der Waals surface area (Å²) in [5, 5.41) is 16.0. The van der Waals surface area contributed by atoms with Crippen molar-refractivity contribution in [1.29, 1.82) is 0 Å². The lowest BCUT2D eigenvalue weighted by Gasteiger charge is -2.14. The van der Waals surface area contributed by atoms with Crippen LogP contribution in [-0.4, -0.2) is 45.2 Å². The van der Waals surface area contributed by atoms with Crippen LogP contribution in [0.2, 0.25) is 0 Å². The molecule has 1 aromatic carbocycles. The SMILES string of the molecule is O=C(Cc1ccc(F)c(F)c1)Nc1nnc(N[C@@H]2CCN(c3nc4ncccc4s3)C2)s1. The van der Waals surface area contributed by atoms with Gasteiger partial charge in [0.05, 0.1) is 11.1 Å². The number of halogens is 2. The van der Waals surface area contributed by atoms with Gasteiger partial charge in [0.2, 0.25) is 16.2 Å². The minimum absolute atomic E-state index is 0.0891. The average molecular weight is 474 g/mol. The monoisotopic (exact) mass is 473 g/mol. The Labute approximate surface area is 189 Å². The van der Waals surface area contributed by atoms with Crippen molar-refractivity contribution in [2.75, 3.05) is 28.6 Å². The van der Waals surface area contributed by atoms with Crippen molar-refractivity contribution in [2.45, 2.75) is 18.9 Å². The summed E-state index contributed by atoms with van der Waals surface area (Å²) in [5.41, 5.74) is 1.14. The van der Waals surface area contributed by atoms with E-state index in [-0.39, 0.29) is 18.4 Å². The predicted molar refractivity (Wildman–Crippen MR) is 120 cm³/mol. The number of thiazole rings is 1. The zero-order chi connectivity index (χ0) is 22.1. The van der Waals surface area contributed by atoms with Gasteiger partial charge in [0.15, 0.2) is 22.4 Å². The van der Waals surface area contributed by atoms with E-state index in [9.17, 15) is 13.6 Å². The first-order valence-corrected chi connectivity index (χ1v) is 11.5. The van der Waals surface area contributed by atoms with Gasteiger partial charge in [-0.1, -0.05) is 28.7 Å². The van der Waals surface area contributed by atoms with Crippen LogP contribution in [0.3, 0.4) is 0 Å². The average Bonchev–Trinajstić information content (AvgIpc) is 3.50. The van der Waals surface area contributed by atoms with Gasteiger partial charge in [-0.2, -0.15) is 4.98 Å². The Hall–Kier alpha value is -3.25. The highest BCUT2D eigenvalue weighted by molar-refractivity contribution is 7.22. The zero-order valence-electron chi connectivity index (χ0n) is 16.6. The van der Waals surface area contributed by atoms with Crippen molar-refractivity contribution in [1.82, 2.24) is 20.2 Å². The molecule has 2 N–H and O–H groups in total. The Morgan fingerprint density at radius 3 is 2.88 bits per heavy atom. The van der Waals surface area contributed by atoms with Gasteiger partial charge in [-0.05, 0) is 36.2 Å². The van der Waals surface area contributed by atoms with Crippen LogP contribution >= 0.6 is 22.7 Å². The minimum atomic E-state index is -0.981. The Morgan fingerprint density at radius 2 is 2.03 bits per heavy atom. The molecule has 0 saturated carbocycles. The smallest absolute Gasteiger partial charge is 0.230 e. The molecule has 12 heteroatoms. The summed E-state index contributed by atoms with van der Waals surface area (Å²) >= 11 is 2.85. The van der Waals surface area contributed by atoms with E-state index in [0.29, 0.717) is 15.8 Å². The standard InChI is InChI=1S/C20H17F2N7OS2/c21-13-4-3-11(8-14(13)22)9-16(30)25-19-28-27-18(32-19)24-12-5-7-29(10-12)20-26-17-15(31-20)2-1-6-23-17/h1-4,6,8,12H,5,7,9-10H2,(H,24,27)(H,25,28,30)/t12-/m1/s1. The number of pyridine rings is 1. The molecule has 1 amide bonds. The summed E-state index contributed by atoms with van der Waals surface area (Å²) < 4.78 is 27.4. The molecule has 1 aliphatic rings. The van der Waals surface area contributed by atoms with Gasteiger partial charge in [0.1, 0.15) is 0 Å². The molecule has 32 heavy (non-hydrogen) atoms. The number of nitrogens with one attached hydrogen (secondary N) is 2. The van der Waals surface area contributed by atoms with Gasteiger partial charge in [0, 0.05) is 25.3 Å². The molecule has 5 rings (SSSR count). The van der Waals surface area contributed by atoms with E-state index in [1.54, 1.807) is 17.5 Å². The Balaban J connectivity index is 1.15. The quantitative estimate of drug-likeness (QED) is 0.441. The normalized spacial score (nSPS) is 15.9. The van der Waals surface area contributed by atoms with Crippen LogP contribution in [0.5, 0.6) is 0 Å². The van der Waals surface area contributed by atoms with Crippen LogP contribution in [0, 0.1) is 11.6 Å². The lowest BCUT2D eigenvalue weighted by Crippen LogP contribution is -2.25. The summed E-state index contributed by atoms with van der Waals surface area (Å²) in [6, 6.07) is 7.48. The number of anilines is 3. The zero-order valence-corrected chi connectivity index (χ0v) is 18.2. The van der Waals surface area contributed by atoms with Crippen molar-refractivity contribution in [2.24, 2.45) is 0 Å². The first-order chi connectivity index (χ1) is 15.5. The third-order valence-corrected chi connectivity index (χ3v) is 6.80. The third kappa shape index (κ3) is 4.50. The maximum atomic E-state index is 13.3. The Bertz CT molecular complexity index is 1240. The molecule has 0 bridgehead atoms. The van der Waals surface area contributed by atoms with E-state index in [0.717, 1.165) is 47.1 Å². The number of carbonyl (C=O) groups is 1. The lowest BCUT2D eigenvalue weighted by atomic mass is 10.1. The van der Waals surface area contributed by atoms with Crippen LogP contribution in [0.1, 0.15) is 12.0 Å². The Kier molecular flexibility index (Phi) is 5.62. The van der Waals surface area contributed by atoms with Crippen molar-refractivity contribution in [3.8, 4) is 0 Å². The van der Waals surface area contributed by atoms with Crippen LogP contribution in [0.15, 0.2) is 36.5 Å². The number of aromatic nitrogens is 4. The molecule has 0 aliphatic carbocycles. The van der Waals surface area contributed by atoms with Gasteiger partial charge in [-0.15, -0.1) is 10.2 Å². The van der Waals surface area contributed by atoms with E-state index in [1.807, 2.05) is 12.1 Å². The molecular formula is C20H17F2N7OS2. The summed E-state index contributed by atoms with van der Waals surface area (Å²) in [7, 11) is 0. The predicted octanol–water partition coefficient (Wildman–Crippen LogP) is 3.69. The molecule has 0 radical (unpaired) electrons. The maximum absolute atomic E-state index is 13.3. The van der Waals surface area contributed by atoms with Crippen molar-refractivity contribution < 1.29 is 13.6 Å². The molecule has 8 nitrogen and oxygen atoms in total. The van der Waals surface area contributed by atoms with Crippen molar-refractivity contribution >= 4 is 54.3 Å². The highest BCUT2D eigenvalue weighted by atomic mass is 32.1. The van der Waals surface area contributed by atoms with Crippen molar-refractivity contribution in [3.05, 3.63) is 53.7 Å². The van der Waals surface area contributed by atoms with Crippen LogP contribution < -0.4 is 15.5 Å². The van der Waals surface area contributed by atoms with Gasteiger partial charge in [-0.3, -0.25) is 4.79 Å². The number of amides is 1. The lowest BCUT2D eigenvalue weighted by molar-refractivity contribution is -0.115. The van der Waals surface area contributed by atoms with Crippen LogP contribution in [0.4, 0.5) is 24.2 Å². The second-order valence-electron chi connectivity index (χ2n) is 7.28. The number of hydrogen-bond donors (Lipinski definition) is 2. The van der Waals surface area contributed by atoms with Gasteiger partial charge in [0.25, 0.3) is 0 Å². The molecule has 1 aliphatic heterocycles. The fourth-order valence-corrected chi connectivity index (χ4v) is 5.15. The van der Waals surface area contributed by atoms with E-state index < -0.39 is 11.6 Å². The molecule has 0 unspecified atom stereocenters. The molecular weight excluding hydrogens is 456 g/mol. The Morgan fingerprint density at radius 1 is 1.16 bits per heavy atom. The molecule has 4 heterocycles. The summed E-state index contributed by atoms with van der Waals surface area (Å²) in [6.07, 6.45) is 2.57. The fourth-order valence-electron chi connectivity index (χ4n) is 3.45. The molecule has 164 valence electrons. The molecule has 1 fully saturated rings. The number of hydrogen-bond acceptors (Lipinski definition) is 9. The van der Waals surface area contributed by atoms with Gasteiger partial charge >= 0.3 is 0 Å². The highest BCUT2D eigenvalue weighted by Crippen LogP contribution is 2.31. The maximum Gasteiger partial charge on any atom is 0.230 e. The number of benzene rings is 1. The number of fused-ring (bicyclic) bond motifs is 1. The van der Waals surface area contributed by atoms with E-state index in [4.69, 9.17) is 0 Å². The van der Waals surface area contributed by atoms with Crippen LogP contribution in [0.25, 0.3) is 10.3 Å². The minimum Gasteiger partial charge on any atom is -0.355 e. The second kappa shape index (κ2) is 8.71. The van der Waals surface area contributed by atoms with E-state index in [1.165, 1.54) is 17.4 Å². The topological polar surface area (TPSA) is 95.9 Å². The second-order valence-corrected chi connectivity index (χ2v) is 9.27. The number of carbonyl (C=O) groups excluding carboxylic acids is 1. The third-order valence-electron chi connectivity index (χ3n) is 4.96. The summed E-state index contributed by atoms with van der Waals surface area (Å²) in [4.78, 5) is 23.3. The molecule has 3 aromatic heterocycles. The summed E-state index contributed by atoms with van der Waals surface area (Å²) in [6.45, 7) is 1.64. The highest BCUT2D eigenvalue weighted by Gasteiger charge is 2.26. The largest absolute Gasteiger partial charge is 0.355 e. The fraction of sp³-hybridized carbons (Fsp3) is 0.250. The first kappa shape index (κ1) is 20.6. The van der Waals surface area contributed by atoms with Crippen LogP contribution in [-0.2, 0) is 11.2 Å². The molecule has 1 saturated heterocycles. The number of nitrogens with zero attached hydrogens (tertiary/aromatic N) is 5. The van der Waals surface area contributed by atoms with Gasteiger partial charge in [-0.25, -0.2) is 13.8 Å². The number of rotatable bonds is 6. The van der Waals surface area contributed by atoms with Crippen molar-refractivity contribution in [3.63, 3.8) is 0 Å². The molecule has 1 atom stereocenters. The molecule has 0 spiro atoms. The first-order valence-electron chi connectivity index (χ1n) is 9.84. The van der Waals surface area contributed by atoms with E-state index in [2.05, 4.69) is 35.7 Å². The molecule has 4 aromatic rings. The van der Waals surface area contributed by atoms with E-state index >= 15 is 0 Å². The van der Waals surface area contributed by atoms with Gasteiger partial charge < -0.3 is 15.5 Å².